The number of rotatable bonds is 6. The molecule has 0 aromatic heterocycles. The zero-order valence-electron chi connectivity index (χ0n) is 13.7. The highest BCUT2D eigenvalue weighted by molar-refractivity contribution is 7.89. The summed E-state index contributed by atoms with van der Waals surface area (Å²) in [7, 11) is -3.75. The van der Waals surface area contributed by atoms with Crippen molar-refractivity contribution in [3.05, 3.63) is 33.9 Å². The van der Waals surface area contributed by atoms with E-state index in [4.69, 9.17) is 0 Å². The Bertz CT molecular complexity index is 688. The van der Waals surface area contributed by atoms with E-state index < -0.39 is 14.9 Å². The van der Waals surface area contributed by atoms with Crippen LogP contribution in [0.3, 0.4) is 0 Å². The maximum Gasteiger partial charge on any atom is 0.270 e. The van der Waals surface area contributed by atoms with Crippen molar-refractivity contribution in [2.75, 3.05) is 19.6 Å². The van der Waals surface area contributed by atoms with Crippen LogP contribution in [-0.2, 0) is 10.0 Å². The number of nitro benzene ring substituents is 1. The van der Waals surface area contributed by atoms with Crippen molar-refractivity contribution >= 4 is 15.7 Å². The summed E-state index contributed by atoms with van der Waals surface area (Å²) >= 11 is 0. The predicted octanol–water partition coefficient (Wildman–Crippen LogP) is 1.91. The summed E-state index contributed by atoms with van der Waals surface area (Å²) in [5.74, 6) is 0.270. The van der Waals surface area contributed by atoms with Gasteiger partial charge in [0.25, 0.3) is 5.69 Å². The van der Waals surface area contributed by atoms with Gasteiger partial charge >= 0.3 is 0 Å². The molecule has 1 saturated heterocycles. The van der Waals surface area contributed by atoms with Gasteiger partial charge in [0, 0.05) is 31.3 Å². The Balaban J connectivity index is 2.08. The van der Waals surface area contributed by atoms with Crippen LogP contribution < -0.4 is 4.72 Å². The summed E-state index contributed by atoms with van der Waals surface area (Å²) in [6.07, 6.45) is 0.953. The van der Waals surface area contributed by atoms with Crippen LogP contribution >= 0.6 is 0 Å². The smallest absolute Gasteiger partial charge is 0.270 e. The Kier molecular flexibility index (Phi) is 5.38. The van der Waals surface area contributed by atoms with Crippen molar-refractivity contribution in [3.63, 3.8) is 0 Å². The normalized spacial score (nSPS) is 19.4. The molecule has 8 heteroatoms. The van der Waals surface area contributed by atoms with Crippen LogP contribution in [0, 0.1) is 23.0 Å². The van der Waals surface area contributed by atoms with Crippen LogP contribution in [0.25, 0.3) is 0 Å². The maximum absolute atomic E-state index is 12.5. The number of non-ortho nitro benzene ring substituents is 1. The Morgan fingerprint density at radius 1 is 1.43 bits per heavy atom. The summed E-state index contributed by atoms with van der Waals surface area (Å²) in [5.41, 5.74) is 0.279. The topological polar surface area (TPSA) is 92.5 Å². The number of likely N-dealkylation sites (tertiary alicyclic amines) is 1. The molecule has 1 aromatic carbocycles. The highest BCUT2D eigenvalue weighted by atomic mass is 32.2. The second-order valence-electron chi connectivity index (χ2n) is 6.30. The van der Waals surface area contributed by atoms with E-state index >= 15 is 0 Å². The molecule has 1 aromatic rings. The quantitative estimate of drug-likeness (QED) is 0.630. The van der Waals surface area contributed by atoms with Crippen molar-refractivity contribution in [3.8, 4) is 0 Å². The standard InChI is InChI=1S/C15H23N3O4S/c1-11(2)17-7-6-13(10-17)9-16-23(21,22)15-8-14(18(19)20)5-4-12(15)3/h4-5,8,11,13,16H,6-7,9-10H2,1-3H3. The lowest BCUT2D eigenvalue weighted by Crippen LogP contribution is -2.33. The lowest BCUT2D eigenvalue weighted by atomic mass is 10.1. The molecule has 128 valence electrons. The van der Waals surface area contributed by atoms with Gasteiger partial charge in [-0.2, -0.15) is 0 Å². The summed E-state index contributed by atoms with van der Waals surface area (Å²) in [4.78, 5) is 12.6. The molecule has 23 heavy (non-hydrogen) atoms. The van der Waals surface area contributed by atoms with Gasteiger partial charge in [-0.1, -0.05) is 6.07 Å². The molecule has 0 amide bonds. The number of nitro groups is 1. The highest BCUT2D eigenvalue weighted by Crippen LogP contribution is 2.23. The summed E-state index contributed by atoms with van der Waals surface area (Å²) in [6, 6.07) is 4.34. The Hall–Kier alpha value is -1.51. The molecular formula is C15H23N3O4S. The number of benzene rings is 1. The van der Waals surface area contributed by atoms with E-state index in [1.165, 1.54) is 12.1 Å². The molecule has 0 saturated carbocycles. The van der Waals surface area contributed by atoms with Gasteiger partial charge in [0.05, 0.1) is 9.82 Å². The SMILES string of the molecule is Cc1ccc([N+](=O)[O-])cc1S(=O)(=O)NCC1CCN(C(C)C)C1. The molecule has 2 rings (SSSR count). The molecule has 0 radical (unpaired) electrons. The molecule has 1 aliphatic heterocycles. The van der Waals surface area contributed by atoms with E-state index in [1.807, 2.05) is 0 Å². The molecule has 0 spiro atoms. The molecule has 1 atom stereocenters. The van der Waals surface area contributed by atoms with Crippen LogP contribution in [0.15, 0.2) is 23.1 Å². The fourth-order valence-corrected chi connectivity index (χ4v) is 4.17. The molecule has 1 aliphatic rings. The van der Waals surface area contributed by atoms with Gasteiger partial charge in [0.2, 0.25) is 10.0 Å². The lowest BCUT2D eigenvalue weighted by Gasteiger charge is -2.20. The van der Waals surface area contributed by atoms with Crippen molar-refractivity contribution in [2.24, 2.45) is 5.92 Å². The monoisotopic (exact) mass is 341 g/mol. The van der Waals surface area contributed by atoms with Crippen LogP contribution in [0.4, 0.5) is 5.69 Å². The second kappa shape index (κ2) is 6.94. The maximum atomic E-state index is 12.5. The number of hydrogen-bond acceptors (Lipinski definition) is 5. The second-order valence-corrected chi connectivity index (χ2v) is 8.04. The zero-order valence-corrected chi connectivity index (χ0v) is 14.5. The minimum Gasteiger partial charge on any atom is -0.301 e. The molecule has 1 heterocycles. The Morgan fingerprint density at radius 2 is 2.13 bits per heavy atom. The number of hydrogen-bond donors (Lipinski definition) is 1. The molecular weight excluding hydrogens is 318 g/mol. The first kappa shape index (κ1) is 17.8. The van der Waals surface area contributed by atoms with Crippen molar-refractivity contribution in [1.29, 1.82) is 0 Å². The van der Waals surface area contributed by atoms with E-state index in [0.717, 1.165) is 25.6 Å². The van der Waals surface area contributed by atoms with E-state index in [0.29, 0.717) is 18.2 Å². The van der Waals surface area contributed by atoms with Gasteiger partial charge in [-0.15, -0.1) is 0 Å². The lowest BCUT2D eigenvalue weighted by molar-refractivity contribution is -0.385. The van der Waals surface area contributed by atoms with E-state index in [1.54, 1.807) is 6.92 Å². The third-order valence-corrected chi connectivity index (χ3v) is 5.85. The minimum absolute atomic E-state index is 0.0228. The largest absolute Gasteiger partial charge is 0.301 e. The van der Waals surface area contributed by atoms with Gasteiger partial charge in [-0.3, -0.25) is 10.1 Å². The van der Waals surface area contributed by atoms with Gasteiger partial charge in [0.15, 0.2) is 0 Å². The number of aryl methyl sites for hydroxylation is 1. The van der Waals surface area contributed by atoms with Crippen LogP contribution in [0.5, 0.6) is 0 Å². The average molecular weight is 341 g/mol. The third-order valence-electron chi connectivity index (χ3n) is 4.28. The zero-order chi connectivity index (χ0) is 17.2. The number of sulfonamides is 1. The summed E-state index contributed by atoms with van der Waals surface area (Å²) in [5, 5.41) is 10.8. The van der Waals surface area contributed by atoms with Gasteiger partial charge < -0.3 is 4.90 Å². The number of nitrogens with zero attached hydrogens (tertiary/aromatic N) is 2. The third kappa shape index (κ3) is 4.27. The highest BCUT2D eigenvalue weighted by Gasteiger charge is 2.27. The van der Waals surface area contributed by atoms with Crippen molar-refractivity contribution in [1.82, 2.24) is 9.62 Å². The molecule has 0 aliphatic carbocycles. The van der Waals surface area contributed by atoms with Gasteiger partial charge in [0.1, 0.15) is 0 Å². The van der Waals surface area contributed by atoms with Gasteiger partial charge in [-0.05, 0) is 45.2 Å². The Labute approximate surface area is 136 Å². The van der Waals surface area contributed by atoms with Crippen LogP contribution in [-0.4, -0.2) is 43.9 Å². The summed E-state index contributed by atoms with van der Waals surface area (Å²) in [6.45, 7) is 8.08. The fourth-order valence-electron chi connectivity index (χ4n) is 2.80. The fraction of sp³-hybridized carbons (Fsp3) is 0.600. The molecule has 1 fully saturated rings. The molecule has 1 unspecified atom stereocenters. The van der Waals surface area contributed by atoms with E-state index in [9.17, 15) is 18.5 Å². The van der Waals surface area contributed by atoms with E-state index in [2.05, 4.69) is 23.5 Å². The van der Waals surface area contributed by atoms with Crippen molar-refractivity contribution < 1.29 is 13.3 Å². The average Bonchev–Trinajstić information content (AvgIpc) is 2.94. The molecule has 0 bridgehead atoms. The van der Waals surface area contributed by atoms with E-state index in [-0.39, 0.29) is 16.5 Å². The van der Waals surface area contributed by atoms with Crippen LogP contribution in [0.2, 0.25) is 0 Å². The molecule has 7 nitrogen and oxygen atoms in total. The minimum atomic E-state index is -3.75. The molecule has 1 N–H and O–H groups in total. The number of nitrogens with one attached hydrogen (secondary N) is 1. The first-order chi connectivity index (χ1) is 10.7. The first-order valence-corrected chi connectivity index (χ1v) is 9.18. The summed E-state index contributed by atoms with van der Waals surface area (Å²) < 4.78 is 27.5. The van der Waals surface area contributed by atoms with Crippen LogP contribution in [0.1, 0.15) is 25.8 Å². The predicted molar refractivity (Wildman–Crippen MR) is 87.8 cm³/mol. The van der Waals surface area contributed by atoms with Crippen molar-refractivity contribution in [2.45, 2.75) is 38.1 Å². The first-order valence-electron chi connectivity index (χ1n) is 7.69. The Morgan fingerprint density at radius 3 is 2.70 bits per heavy atom. The van der Waals surface area contributed by atoms with Gasteiger partial charge in [-0.25, -0.2) is 13.1 Å².